The molecule has 0 radical (unpaired) electrons. The first-order valence-corrected chi connectivity index (χ1v) is 11.6. The predicted molar refractivity (Wildman–Crippen MR) is 129 cm³/mol. The number of nitrogens with one attached hydrogen (secondary N) is 2. The number of nitrogens with zero attached hydrogens (tertiary/aromatic N) is 2. The predicted octanol–water partition coefficient (Wildman–Crippen LogP) is 2.18. The lowest BCUT2D eigenvalue weighted by molar-refractivity contribution is -0.00501. The summed E-state index contributed by atoms with van der Waals surface area (Å²) >= 11 is 0. The highest BCUT2D eigenvalue weighted by Gasteiger charge is 2.34. The summed E-state index contributed by atoms with van der Waals surface area (Å²) in [7, 11) is 1.03. The highest BCUT2D eigenvalue weighted by Crippen LogP contribution is 2.25. The number of ether oxygens (including phenoxy) is 1. The molecule has 0 amide bonds. The van der Waals surface area contributed by atoms with E-state index in [9.17, 15) is 8.42 Å². The third kappa shape index (κ3) is 7.37. The summed E-state index contributed by atoms with van der Waals surface area (Å²) < 4.78 is 29.1. The molecule has 2 N–H and O–H groups in total. The van der Waals surface area contributed by atoms with Crippen molar-refractivity contribution in [3.63, 3.8) is 0 Å². The minimum atomic E-state index is -3.20. The Bertz CT molecular complexity index is 791. The second kappa shape index (κ2) is 11.5. The van der Waals surface area contributed by atoms with E-state index in [4.69, 9.17) is 4.74 Å². The molecule has 0 unspecified atom stereocenters. The van der Waals surface area contributed by atoms with E-state index < -0.39 is 9.84 Å². The van der Waals surface area contributed by atoms with Crippen molar-refractivity contribution >= 4 is 39.8 Å². The van der Waals surface area contributed by atoms with Gasteiger partial charge < -0.3 is 20.3 Å². The van der Waals surface area contributed by atoms with Gasteiger partial charge in [0.05, 0.1) is 11.4 Å². The van der Waals surface area contributed by atoms with Crippen LogP contribution < -0.4 is 10.6 Å². The van der Waals surface area contributed by atoms with Crippen molar-refractivity contribution < 1.29 is 13.2 Å². The molecule has 1 aliphatic heterocycles. The van der Waals surface area contributed by atoms with Crippen LogP contribution in [0, 0.1) is 6.92 Å². The Kier molecular flexibility index (Phi) is 10.3. The fourth-order valence-corrected chi connectivity index (χ4v) is 4.48. The number of halogens is 1. The molecule has 1 aromatic carbocycles. The molecule has 0 spiro atoms. The maximum atomic E-state index is 11.8. The summed E-state index contributed by atoms with van der Waals surface area (Å²) in [6.45, 7) is 7.46. The molecule has 7 nitrogen and oxygen atoms in total. The van der Waals surface area contributed by atoms with Crippen LogP contribution in [0.4, 0.5) is 0 Å². The van der Waals surface area contributed by atoms with Gasteiger partial charge >= 0.3 is 0 Å². The van der Waals surface area contributed by atoms with Crippen LogP contribution in [0.1, 0.15) is 30.9 Å². The number of rotatable bonds is 7. The minimum Gasteiger partial charge on any atom is -0.381 e. The molecule has 1 heterocycles. The molecule has 0 bridgehead atoms. The zero-order chi connectivity index (χ0) is 20.8. The standard InChI is InChI=1S/C20H34N4O3S.HI/c1-6-21-19(23-15-20(24(3)4)9-11-27-12-10-20)22-14-17-7-8-18(16(2)13-17)28(5,25)26;/h7-8,13H,6,9-12,14-15H2,1-5H3,(H2,21,22,23);1H. The van der Waals surface area contributed by atoms with Crippen molar-refractivity contribution in [2.75, 3.05) is 46.7 Å². The fourth-order valence-electron chi connectivity index (χ4n) is 3.52. The first-order valence-electron chi connectivity index (χ1n) is 9.75. The molecule has 166 valence electrons. The van der Waals surface area contributed by atoms with E-state index in [1.165, 1.54) is 6.26 Å². The van der Waals surface area contributed by atoms with Gasteiger partial charge in [-0.05, 0) is 58.0 Å². The van der Waals surface area contributed by atoms with Gasteiger partial charge in [-0.2, -0.15) is 0 Å². The second-order valence-corrected chi connectivity index (χ2v) is 9.64. The summed E-state index contributed by atoms with van der Waals surface area (Å²) in [5.41, 5.74) is 1.79. The maximum Gasteiger partial charge on any atom is 0.191 e. The van der Waals surface area contributed by atoms with Gasteiger partial charge in [0.15, 0.2) is 15.8 Å². The van der Waals surface area contributed by atoms with E-state index in [-0.39, 0.29) is 29.5 Å². The molecule has 0 saturated carbocycles. The summed E-state index contributed by atoms with van der Waals surface area (Å²) in [6, 6.07) is 5.39. The Morgan fingerprint density at radius 1 is 1.24 bits per heavy atom. The SMILES string of the molecule is CCNC(=NCc1ccc(S(C)(=O)=O)c(C)c1)NCC1(N(C)C)CCOCC1.I. The van der Waals surface area contributed by atoms with E-state index in [1.807, 2.05) is 26.0 Å². The normalized spacial score (nSPS) is 17.0. The van der Waals surface area contributed by atoms with Gasteiger partial charge in [0, 0.05) is 38.1 Å². The van der Waals surface area contributed by atoms with Crippen molar-refractivity contribution in [2.24, 2.45) is 4.99 Å². The van der Waals surface area contributed by atoms with Gasteiger partial charge in [-0.25, -0.2) is 13.4 Å². The molecule has 9 heteroatoms. The second-order valence-electron chi connectivity index (χ2n) is 7.65. The lowest BCUT2D eigenvalue weighted by Gasteiger charge is -2.43. The van der Waals surface area contributed by atoms with Crippen LogP contribution in [0.15, 0.2) is 28.1 Å². The molecular weight excluding hydrogens is 503 g/mol. The molecule has 2 rings (SSSR count). The van der Waals surface area contributed by atoms with Crippen molar-refractivity contribution in [3.05, 3.63) is 29.3 Å². The summed E-state index contributed by atoms with van der Waals surface area (Å²) in [4.78, 5) is 7.34. The third-order valence-electron chi connectivity index (χ3n) is 5.36. The number of aryl methyl sites for hydroxylation is 1. The lowest BCUT2D eigenvalue weighted by Crippen LogP contribution is -2.57. The number of sulfone groups is 1. The zero-order valence-electron chi connectivity index (χ0n) is 18.1. The number of likely N-dealkylation sites (N-methyl/N-ethyl adjacent to an activating group) is 1. The Morgan fingerprint density at radius 2 is 1.90 bits per heavy atom. The van der Waals surface area contributed by atoms with Crippen LogP contribution in [0.25, 0.3) is 0 Å². The van der Waals surface area contributed by atoms with Gasteiger partial charge in [0.1, 0.15) is 0 Å². The molecule has 0 aliphatic carbocycles. The number of benzene rings is 1. The smallest absolute Gasteiger partial charge is 0.191 e. The number of hydrogen-bond acceptors (Lipinski definition) is 5. The van der Waals surface area contributed by atoms with Gasteiger partial charge in [-0.3, -0.25) is 0 Å². The van der Waals surface area contributed by atoms with E-state index in [1.54, 1.807) is 6.07 Å². The zero-order valence-corrected chi connectivity index (χ0v) is 21.3. The van der Waals surface area contributed by atoms with E-state index in [0.717, 1.165) is 56.2 Å². The van der Waals surface area contributed by atoms with Gasteiger partial charge in [0.2, 0.25) is 0 Å². The number of aliphatic imine (C=N–C) groups is 1. The number of hydrogen-bond donors (Lipinski definition) is 2. The van der Waals surface area contributed by atoms with E-state index in [2.05, 4.69) is 34.6 Å². The molecule has 1 aromatic rings. The highest BCUT2D eigenvalue weighted by atomic mass is 127. The van der Waals surface area contributed by atoms with Crippen molar-refractivity contribution in [2.45, 2.75) is 43.7 Å². The highest BCUT2D eigenvalue weighted by molar-refractivity contribution is 14.0. The van der Waals surface area contributed by atoms with E-state index >= 15 is 0 Å². The summed E-state index contributed by atoms with van der Waals surface area (Å²) in [6.07, 6.45) is 3.20. The van der Waals surface area contributed by atoms with Crippen molar-refractivity contribution in [3.8, 4) is 0 Å². The topological polar surface area (TPSA) is 83.0 Å². The average molecular weight is 538 g/mol. The number of guanidine groups is 1. The van der Waals surface area contributed by atoms with Crippen LogP contribution in [0.5, 0.6) is 0 Å². The molecule has 1 fully saturated rings. The molecule has 29 heavy (non-hydrogen) atoms. The largest absolute Gasteiger partial charge is 0.381 e. The monoisotopic (exact) mass is 538 g/mol. The quantitative estimate of drug-likeness (QED) is 0.315. The summed E-state index contributed by atoms with van der Waals surface area (Å²) in [5, 5.41) is 6.77. The molecule has 0 aromatic heterocycles. The molecule has 1 aliphatic rings. The minimum absolute atomic E-state index is 0. The van der Waals surface area contributed by atoms with Crippen LogP contribution in [-0.4, -0.2) is 71.5 Å². The molecular formula is C20H35IN4O3S. The maximum absolute atomic E-state index is 11.8. The van der Waals surface area contributed by atoms with Crippen LogP contribution in [0.2, 0.25) is 0 Å². The Labute approximate surface area is 192 Å². The van der Waals surface area contributed by atoms with Gasteiger partial charge in [0.25, 0.3) is 0 Å². The van der Waals surface area contributed by atoms with Crippen LogP contribution in [0.3, 0.4) is 0 Å². The van der Waals surface area contributed by atoms with Gasteiger partial charge in [-0.1, -0.05) is 12.1 Å². The Balaban J connectivity index is 0.00000420. The average Bonchev–Trinajstić information content (AvgIpc) is 2.63. The first-order chi connectivity index (χ1) is 13.2. The Hall–Kier alpha value is -0.910. The molecule has 0 atom stereocenters. The fraction of sp³-hybridized carbons (Fsp3) is 0.650. The van der Waals surface area contributed by atoms with Crippen molar-refractivity contribution in [1.82, 2.24) is 15.5 Å². The van der Waals surface area contributed by atoms with E-state index in [0.29, 0.717) is 11.4 Å². The van der Waals surface area contributed by atoms with Gasteiger partial charge in [-0.15, -0.1) is 24.0 Å². The summed E-state index contributed by atoms with van der Waals surface area (Å²) in [5.74, 6) is 0.764. The third-order valence-corrected chi connectivity index (χ3v) is 6.62. The first kappa shape index (κ1) is 26.1. The van der Waals surface area contributed by atoms with Crippen molar-refractivity contribution in [1.29, 1.82) is 0 Å². The molecule has 1 saturated heterocycles. The Morgan fingerprint density at radius 3 is 2.41 bits per heavy atom. The lowest BCUT2D eigenvalue weighted by atomic mass is 9.88. The van der Waals surface area contributed by atoms with Crippen LogP contribution >= 0.6 is 24.0 Å². The van der Waals surface area contributed by atoms with Crippen LogP contribution in [-0.2, 0) is 21.1 Å².